The predicted octanol–water partition coefficient (Wildman–Crippen LogP) is 2.94. The van der Waals surface area contributed by atoms with E-state index in [9.17, 15) is 0 Å². The molecule has 3 heteroatoms. The van der Waals surface area contributed by atoms with Crippen molar-refractivity contribution in [3.8, 4) is 5.75 Å². The van der Waals surface area contributed by atoms with E-state index in [0.29, 0.717) is 6.04 Å². The van der Waals surface area contributed by atoms with Crippen molar-refractivity contribution in [3.05, 3.63) is 54.4 Å². The van der Waals surface area contributed by atoms with Crippen molar-refractivity contribution < 1.29 is 4.74 Å². The molecule has 0 saturated carbocycles. The van der Waals surface area contributed by atoms with E-state index in [1.54, 1.807) is 0 Å². The van der Waals surface area contributed by atoms with Gasteiger partial charge in [-0.15, -0.1) is 0 Å². The van der Waals surface area contributed by atoms with Crippen LogP contribution < -0.4 is 4.74 Å². The normalized spacial score (nSPS) is 19.1. The Morgan fingerprint density at radius 2 is 1.95 bits per heavy atom. The Balaban J connectivity index is 1.54. The largest absolute Gasteiger partial charge is 0.492 e. The lowest BCUT2D eigenvalue weighted by Crippen LogP contribution is -2.38. The van der Waals surface area contributed by atoms with Crippen LogP contribution in [0.5, 0.6) is 5.75 Å². The lowest BCUT2D eigenvalue weighted by atomic mass is 10.1. The topological polar surface area (TPSA) is 17.4 Å². The number of hydrogen-bond acceptors (Lipinski definition) is 2. The highest BCUT2D eigenvalue weighted by molar-refractivity contribution is 5.21. The molecule has 0 spiro atoms. The van der Waals surface area contributed by atoms with Gasteiger partial charge in [0.1, 0.15) is 12.4 Å². The van der Waals surface area contributed by atoms with Crippen molar-refractivity contribution in [1.29, 1.82) is 0 Å². The molecule has 0 saturated heterocycles. The number of para-hydroxylation sites is 1. The molecule has 2 heterocycles. The number of nitrogens with zero attached hydrogens (tertiary/aromatic N) is 2. The summed E-state index contributed by atoms with van der Waals surface area (Å²) in [6.07, 6.45) is 2.17. The van der Waals surface area contributed by atoms with Gasteiger partial charge in [-0.2, -0.15) is 0 Å². The number of rotatable bonds is 4. The summed E-state index contributed by atoms with van der Waals surface area (Å²) in [7, 11) is 0. The van der Waals surface area contributed by atoms with Gasteiger partial charge in [0.25, 0.3) is 0 Å². The van der Waals surface area contributed by atoms with Gasteiger partial charge in [-0.3, -0.25) is 4.90 Å². The molecule has 0 bridgehead atoms. The Morgan fingerprint density at radius 3 is 2.79 bits per heavy atom. The van der Waals surface area contributed by atoms with Gasteiger partial charge in [0.05, 0.1) is 0 Å². The van der Waals surface area contributed by atoms with E-state index in [1.165, 1.54) is 5.69 Å². The predicted molar refractivity (Wildman–Crippen MR) is 76.4 cm³/mol. The second-order valence-electron chi connectivity index (χ2n) is 5.00. The molecule has 0 aliphatic carbocycles. The molecular formula is C16H20N2O. The number of ether oxygens (including phenoxy) is 1. The van der Waals surface area contributed by atoms with Crippen LogP contribution in [0.1, 0.15) is 18.7 Å². The van der Waals surface area contributed by atoms with Crippen molar-refractivity contribution in [3.63, 3.8) is 0 Å². The SMILES string of the molecule is C[C@H]1c2cccn2CCN1CCOc1ccccc1. The fraction of sp³-hybridized carbons (Fsp3) is 0.375. The second kappa shape index (κ2) is 5.49. The Labute approximate surface area is 114 Å². The molecule has 0 fully saturated rings. The van der Waals surface area contributed by atoms with Gasteiger partial charge in [-0.1, -0.05) is 18.2 Å². The fourth-order valence-corrected chi connectivity index (χ4v) is 2.73. The lowest BCUT2D eigenvalue weighted by Gasteiger charge is -2.34. The van der Waals surface area contributed by atoms with Crippen LogP contribution in [0.2, 0.25) is 0 Å². The van der Waals surface area contributed by atoms with Crippen LogP contribution in [0.4, 0.5) is 0 Å². The molecule has 0 N–H and O–H groups in total. The first-order chi connectivity index (χ1) is 9.34. The van der Waals surface area contributed by atoms with Crippen molar-refractivity contribution in [2.45, 2.75) is 19.5 Å². The maximum absolute atomic E-state index is 5.78. The van der Waals surface area contributed by atoms with E-state index >= 15 is 0 Å². The molecule has 0 unspecified atom stereocenters. The number of benzene rings is 1. The summed E-state index contributed by atoms with van der Waals surface area (Å²) in [5, 5.41) is 0. The van der Waals surface area contributed by atoms with Crippen LogP contribution in [0.15, 0.2) is 48.7 Å². The summed E-state index contributed by atoms with van der Waals surface area (Å²) in [6, 6.07) is 14.9. The lowest BCUT2D eigenvalue weighted by molar-refractivity contribution is 0.139. The highest BCUT2D eigenvalue weighted by atomic mass is 16.5. The van der Waals surface area contributed by atoms with Crippen LogP contribution in [0.3, 0.4) is 0 Å². The van der Waals surface area contributed by atoms with Crippen molar-refractivity contribution in [1.82, 2.24) is 9.47 Å². The standard InChI is InChI=1S/C16H20N2O/c1-14-16-8-5-9-18(16)11-10-17(14)12-13-19-15-6-3-2-4-7-15/h2-9,14H,10-13H2,1H3/t14-/m0/s1. The number of aromatic nitrogens is 1. The van der Waals surface area contributed by atoms with E-state index in [0.717, 1.165) is 32.0 Å². The zero-order chi connectivity index (χ0) is 13.1. The summed E-state index contributed by atoms with van der Waals surface area (Å²) < 4.78 is 8.12. The summed E-state index contributed by atoms with van der Waals surface area (Å²) >= 11 is 0. The summed E-state index contributed by atoms with van der Waals surface area (Å²) in [5.41, 5.74) is 1.41. The van der Waals surface area contributed by atoms with Gasteiger partial charge in [-0.05, 0) is 31.2 Å². The Bertz CT molecular complexity index is 521. The molecule has 1 aromatic carbocycles. The van der Waals surface area contributed by atoms with Gasteiger partial charge in [0.15, 0.2) is 0 Å². The molecule has 0 radical (unpaired) electrons. The molecule has 19 heavy (non-hydrogen) atoms. The minimum Gasteiger partial charge on any atom is -0.492 e. The highest BCUT2D eigenvalue weighted by Crippen LogP contribution is 2.24. The second-order valence-corrected chi connectivity index (χ2v) is 5.00. The van der Waals surface area contributed by atoms with Crippen molar-refractivity contribution in [2.24, 2.45) is 0 Å². The molecule has 3 nitrogen and oxygen atoms in total. The third-order valence-electron chi connectivity index (χ3n) is 3.86. The summed E-state index contributed by atoms with van der Waals surface area (Å²) in [6.45, 7) is 6.17. The first-order valence-corrected chi connectivity index (χ1v) is 6.91. The number of fused-ring (bicyclic) bond motifs is 1. The molecule has 3 rings (SSSR count). The van der Waals surface area contributed by atoms with Crippen LogP contribution >= 0.6 is 0 Å². The minimum absolute atomic E-state index is 0.475. The van der Waals surface area contributed by atoms with Gasteiger partial charge in [-0.25, -0.2) is 0 Å². The molecule has 1 aliphatic rings. The first-order valence-electron chi connectivity index (χ1n) is 6.91. The van der Waals surface area contributed by atoms with Crippen molar-refractivity contribution >= 4 is 0 Å². The van der Waals surface area contributed by atoms with Gasteiger partial charge in [0, 0.05) is 37.6 Å². The first kappa shape index (κ1) is 12.3. The molecule has 100 valence electrons. The van der Waals surface area contributed by atoms with E-state index in [4.69, 9.17) is 4.74 Å². The molecule has 1 aromatic heterocycles. The van der Waals surface area contributed by atoms with E-state index in [-0.39, 0.29) is 0 Å². The van der Waals surface area contributed by atoms with Crippen LogP contribution in [0.25, 0.3) is 0 Å². The zero-order valence-electron chi connectivity index (χ0n) is 11.3. The average Bonchev–Trinajstić information content (AvgIpc) is 2.92. The third-order valence-corrected chi connectivity index (χ3v) is 3.86. The number of hydrogen-bond donors (Lipinski definition) is 0. The molecule has 1 aliphatic heterocycles. The third kappa shape index (κ3) is 2.66. The average molecular weight is 256 g/mol. The summed E-state index contributed by atoms with van der Waals surface area (Å²) in [5.74, 6) is 0.954. The van der Waals surface area contributed by atoms with Gasteiger partial charge >= 0.3 is 0 Å². The Morgan fingerprint density at radius 1 is 1.11 bits per heavy atom. The highest BCUT2D eigenvalue weighted by Gasteiger charge is 2.22. The molecule has 1 atom stereocenters. The van der Waals surface area contributed by atoms with E-state index in [2.05, 4.69) is 34.7 Å². The van der Waals surface area contributed by atoms with Gasteiger partial charge in [0.2, 0.25) is 0 Å². The monoisotopic (exact) mass is 256 g/mol. The smallest absolute Gasteiger partial charge is 0.119 e. The van der Waals surface area contributed by atoms with E-state index in [1.807, 2.05) is 30.3 Å². The Hall–Kier alpha value is -1.74. The minimum atomic E-state index is 0.475. The van der Waals surface area contributed by atoms with E-state index < -0.39 is 0 Å². The maximum atomic E-state index is 5.78. The molecule has 0 amide bonds. The summed E-state index contributed by atoms with van der Waals surface area (Å²) in [4.78, 5) is 2.48. The Kier molecular flexibility index (Phi) is 3.56. The van der Waals surface area contributed by atoms with Gasteiger partial charge < -0.3 is 9.30 Å². The van der Waals surface area contributed by atoms with Crippen LogP contribution in [0, 0.1) is 0 Å². The fourth-order valence-electron chi connectivity index (χ4n) is 2.73. The van der Waals surface area contributed by atoms with Crippen LogP contribution in [-0.4, -0.2) is 29.2 Å². The molecular weight excluding hydrogens is 236 g/mol. The zero-order valence-corrected chi connectivity index (χ0v) is 11.3. The maximum Gasteiger partial charge on any atom is 0.119 e. The van der Waals surface area contributed by atoms with Crippen LogP contribution in [-0.2, 0) is 6.54 Å². The molecule has 2 aromatic rings. The van der Waals surface area contributed by atoms with Crippen molar-refractivity contribution in [2.75, 3.05) is 19.7 Å². The quantitative estimate of drug-likeness (QED) is 0.837.